The molecule has 0 radical (unpaired) electrons. The molecule has 8 heteroatoms. The van der Waals surface area contributed by atoms with E-state index in [0.29, 0.717) is 21.8 Å². The summed E-state index contributed by atoms with van der Waals surface area (Å²) in [6.07, 6.45) is -1.10. The zero-order chi connectivity index (χ0) is 19.8. The number of nitriles is 1. The number of hydrogen-bond donors (Lipinski definition) is 2. The van der Waals surface area contributed by atoms with Crippen LogP contribution in [0.15, 0.2) is 48.5 Å². The molecule has 0 aliphatic heterocycles. The molecule has 138 valence electrons. The molecule has 2 rings (SSSR count). The molecule has 0 spiro atoms. The molecule has 7 nitrogen and oxygen atoms in total. The minimum Gasteiger partial charge on any atom is -0.451 e. The van der Waals surface area contributed by atoms with Crippen molar-refractivity contribution in [3.63, 3.8) is 0 Å². The Labute approximate surface area is 160 Å². The first kappa shape index (κ1) is 19.9. The third kappa shape index (κ3) is 5.83. The van der Waals surface area contributed by atoms with E-state index < -0.39 is 30.4 Å². The van der Waals surface area contributed by atoms with Crippen LogP contribution < -0.4 is 10.6 Å². The zero-order valence-electron chi connectivity index (χ0n) is 14.4. The Morgan fingerprint density at radius 3 is 2.48 bits per heavy atom. The number of benzene rings is 2. The summed E-state index contributed by atoms with van der Waals surface area (Å²) in [5, 5.41) is 14.4. The number of anilines is 1. The van der Waals surface area contributed by atoms with Gasteiger partial charge in [-0.2, -0.15) is 5.26 Å². The maximum Gasteiger partial charge on any atom is 0.326 e. The van der Waals surface area contributed by atoms with Crippen LogP contribution in [0.4, 0.5) is 5.69 Å². The van der Waals surface area contributed by atoms with E-state index in [2.05, 4.69) is 10.6 Å². The van der Waals surface area contributed by atoms with Crippen LogP contribution in [0.1, 0.15) is 22.8 Å². The van der Waals surface area contributed by atoms with Gasteiger partial charge >= 0.3 is 5.97 Å². The standard InChI is InChI=1S/C19H16ClN3O4/c1-12(18(25)23-16-5-3-2-4-14(16)10-21)27-17(24)11-22-19(26)13-6-8-15(20)9-7-13/h2-9,12H,11H2,1H3,(H,22,26)(H,23,25)/t12-/m0/s1. The van der Waals surface area contributed by atoms with E-state index in [-0.39, 0.29) is 0 Å². The van der Waals surface area contributed by atoms with Crippen molar-refractivity contribution < 1.29 is 19.1 Å². The molecule has 0 aliphatic carbocycles. The maximum absolute atomic E-state index is 12.1. The Kier molecular flexibility index (Phi) is 6.92. The molecule has 0 fully saturated rings. The molecule has 0 saturated heterocycles. The summed E-state index contributed by atoms with van der Waals surface area (Å²) in [5.74, 6) is -1.83. The SMILES string of the molecule is C[C@H](OC(=O)CNC(=O)c1ccc(Cl)cc1)C(=O)Nc1ccccc1C#N. The van der Waals surface area contributed by atoms with Crippen molar-refractivity contribution in [1.82, 2.24) is 5.32 Å². The van der Waals surface area contributed by atoms with Gasteiger partial charge in [-0.3, -0.25) is 14.4 Å². The molecule has 0 unspecified atom stereocenters. The van der Waals surface area contributed by atoms with Crippen molar-refractivity contribution in [3.05, 3.63) is 64.7 Å². The highest BCUT2D eigenvalue weighted by Crippen LogP contribution is 2.14. The number of rotatable bonds is 6. The Bertz CT molecular complexity index is 891. The van der Waals surface area contributed by atoms with E-state index >= 15 is 0 Å². The number of nitrogens with one attached hydrogen (secondary N) is 2. The predicted molar refractivity (Wildman–Crippen MR) is 99.1 cm³/mol. The molecule has 0 aromatic heterocycles. The highest BCUT2D eigenvalue weighted by Gasteiger charge is 2.19. The number of nitrogens with zero attached hydrogens (tertiary/aromatic N) is 1. The molecule has 1 atom stereocenters. The number of ether oxygens (including phenoxy) is 1. The quantitative estimate of drug-likeness (QED) is 0.743. The molecule has 0 bridgehead atoms. The van der Waals surface area contributed by atoms with E-state index in [1.807, 2.05) is 6.07 Å². The van der Waals surface area contributed by atoms with Gasteiger partial charge in [-0.1, -0.05) is 23.7 Å². The number of carbonyl (C=O) groups excluding carboxylic acids is 3. The molecule has 2 amide bonds. The first-order chi connectivity index (χ1) is 12.9. The second-order valence-electron chi connectivity index (χ2n) is 5.47. The monoisotopic (exact) mass is 385 g/mol. The fourth-order valence-corrected chi connectivity index (χ4v) is 2.20. The number of hydrogen-bond acceptors (Lipinski definition) is 5. The van der Waals surface area contributed by atoms with Gasteiger partial charge in [0.15, 0.2) is 6.10 Å². The molecule has 27 heavy (non-hydrogen) atoms. The lowest BCUT2D eigenvalue weighted by Gasteiger charge is -2.14. The van der Waals surface area contributed by atoms with Crippen LogP contribution in [-0.2, 0) is 14.3 Å². The van der Waals surface area contributed by atoms with Crippen molar-refractivity contribution in [3.8, 4) is 6.07 Å². The lowest BCUT2D eigenvalue weighted by Crippen LogP contribution is -2.35. The van der Waals surface area contributed by atoms with Crippen molar-refractivity contribution in [2.75, 3.05) is 11.9 Å². The number of halogens is 1. The van der Waals surface area contributed by atoms with Gasteiger partial charge in [0.05, 0.1) is 11.3 Å². The summed E-state index contributed by atoms with van der Waals surface area (Å²) < 4.78 is 4.99. The van der Waals surface area contributed by atoms with Gasteiger partial charge < -0.3 is 15.4 Å². The lowest BCUT2D eigenvalue weighted by molar-refractivity contribution is -0.152. The highest BCUT2D eigenvalue weighted by molar-refractivity contribution is 6.30. The summed E-state index contributed by atoms with van der Waals surface area (Å²) in [7, 11) is 0. The van der Waals surface area contributed by atoms with E-state index in [9.17, 15) is 14.4 Å². The number of amides is 2. The summed E-state index contributed by atoms with van der Waals surface area (Å²) >= 11 is 5.75. The fraction of sp³-hybridized carbons (Fsp3) is 0.158. The van der Waals surface area contributed by atoms with Crippen LogP contribution in [0.25, 0.3) is 0 Å². The molecular formula is C19H16ClN3O4. The average molecular weight is 386 g/mol. The summed E-state index contributed by atoms with van der Waals surface area (Å²) in [5.41, 5.74) is 0.953. The minimum atomic E-state index is -1.10. The molecule has 0 aliphatic rings. The van der Waals surface area contributed by atoms with E-state index in [1.54, 1.807) is 36.4 Å². The summed E-state index contributed by atoms with van der Waals surface area (Å²) in [6.45, 7) is 0.997. The Morgan fingerprint density at radius 2 is 1.81 bits per heavy atom. The van der Waals surface area contributed by atoms with Crippen molar-refractivity contribution in [2.24, 2.45) is 0 Å². The summed E-state index contributed by atoms with van der Waals surface area (Å²) in [6, 6.07) is 14.6. The van der Waals surface area contributed by atoms with Gasteiger partial charge in [0, 0.05) is 10.6 Å². The molecule has 0 heterocycles. The van der Waals surface area contributed by atoms with Gasteiger partial charge in [0.25, 0.3) is 11.8 Å². The number of para-hydroxylation sites is 1. The van der Waals surface area contributed by atoms with Crippen LogP contribution in [0.3, 0.4) is 0 Å². The second-order valence-corrected chi connectivity index (χ2v) is 5.90. The van der Waals surface area contributed by atoms with Crippen LogP contribution in [0.5, 0.6) is 0 Å². The van der Waals surface area contributed by atoms with E-state index in [0.717, 1.165) is 0 Å². The van der Waals surface area contributed by atoms with E-state index in [4.69, 9.17) is 21.6 Å². The van der Waals surface area contributed by atoms with Crippen molar-refractivity contribution >= 4 is 35.1 Å². The van der Waals surface area contributed by atoms with Crippen LogP contribution >= 0.6 is 11.6 Å². The normalized spacial score (nSPS) is 11.0. The van der Waals surface area contributed by atoms with Gasteiger partial charge in [-0.25, -0.2) is 0 Å². The zero-order valence-corrected chi connectivity index (χ0v) is 15.1. The largest absolute Gasteiger partial charge is 0.451 e. The van der Waals surface area contributed by atoms with E-state index in [1.165, 1.54) is 19.1 Å². The first-order valence-electron chi connectivity index (χ1n) is 7.94. The van der Waals surface area contributed by atoms with Gasteiger partial charge in [-0.15, -0.1) is 0 Å². The lowest BCUT2D eigenvalue weighted by atomic mass is 10.2. The van der Waals surface area contributed by atoms with Crippen molar-refractivity contribution in [1.29, 1.82) is 5.26 Å². The molecular weight excluding hydrogens is 370 g/mol. The topological polar surface area (TPSA) is 108 Å². The fourth-order valence-electron chi connectivity index (χ4n) is 2.07. The third-order valence-corrected chi connectivity index (χ3v) is 3.73. The second kappa shape index (κ2) is 9.36. The molecule has 0 saturated carbocycles. The van der Waals surface area contributed by atoms with Gasteiger partial charge in [0.1, 0.15) is 12.6 Å². The third-order valence-electron chi connectivity index (χ3n) is 3.48. The Hall–Kier alpha value is -3.37. The molecule has 2 aromatic rings. The van der Waals surface area contributed by atoms with Crippen molar-refractivity contribution in [2.45, 2.75) is 13.0 Å². The molecule has 2 N–H and O–H groups in total. The highest BCUT2D eigenvalue weighted by atomic mass is 35.5. The molecule has 2 aromatic carbocycles. The van der Waals surface area contributed by atoms with Crippen LogP contribution in [0.2, 0.25) is 5.02 Å². The first-order valence-corrected chi connectivity index (χ1v) is 8.31. The maximum atomic E-state index is 12.1. The average Bonchev–Trinajstić information content (AvgIpc) is 2.67. The number of esters is 1. The Morgan fingerprint density at radius 1 is 1.15 bits per heavy atom. The predicted octanol–water partition coefficient (Wildman–Crippen LogP) is 2.51. The van der Waals surface area contributed by atoms with Gasteiger partial charge in [-0.05, 0) is 43.3 Å². The summed E-state index contributed by atoms with van der Waals surface area (Å²) in [4.78, 5) is 35.9. The minimum absolute atomic E-state index is 0.291. The number of carbonyl (C=O) groups is 3. The van der Waals surface area contributed by atoms with Crippen LogP contribution in [0, 0.1) is 11.3 Å². The van der Waals surface area contributed by atoms with Crippen LogP contribution in [-0.4, -0.2) is 30.4 Å². The Balaban J connectivity index is 1.84. The van der Waals surface area contributed by atoms with Gasteiger partial charge in [0.2, 0.25) is 0 Å². The smallest absolute Gasteiger partial charge is 0.326 e.